The summed E-state index contributed by atoms with van der Waals surface area (Å²) in [5, 5.41) is 3.62. The Labute approximate surface area is 120 Å². The highest BCUT2D eigenvalue weighted by atomic mass is 15.0. The van der Waals surface area contributed by atoms with Crippen LogP contribution >= 0.6 is 0 Å². The summed E-state index contributed by atoms with van der Waals surface area (Å²) in [6, 6.07) is 10.9. The highest BCUT2D eigenvalue weighted by Gasteiger charge is 2.19. The standard InChI is InChI=1S/C17H23N3/c1-2-14-16(13-9-5-3-6-10-13)20-17(19-14)15-11-7-4-8-12-18-15/h3,5-6,9-10,15,18H,2,4,7-8,11-12H2,1H3,(H,19,20). The average molecular weight is 269 g/mol. The van der Waals surface area contributed by atoms with Crippen molar-refractivity contribution in [2.24, 2.45) is 0 Å². The van der Waals surface area contributed by atoms with E-state index in [1.807, 2.05) is 0 Å². The lowest BCUT2D eigenvalue weighted by Crippen LogP contribution is -2.21. The molecule has 106 valence electrons. The van der Waals surface area contributed by atoms with Crippen molar-refractivity contribution < 1.29 is 0 Å². The Morgan fingerprint density at radius 1 is 1.15 bits per heavy atom. The van der Waals surface area contributed by atoms with Crippen LogP contribution in [0.4, 0.5) is 0 Å². The number of H-pyrrole nitrogens is 1. The molecule has 0 bridgehead atoms. The van der Waals surface area contributed by atoms with Gasteiger partial charge in [0.15, 0.2) is 0 Å². The quantitative estimate of drug-likeness (QED) is 0.888. The van der Waals surface area contributed by atoms with E-state index in [9.17, 15) is 0 Å². The number of rotatable bonds is 3. The lowest BCUT2D eigenvalue weighted by molar-refractivity contribution is 0.511. The Morgan fingerprint density at radius 3 is 2.80 bits per heavy atom. The smallest absolute Gasteiger partial charge is 0.124 e. The van der Waals surface area contributed by atoms with Crippen LogP contribution in [0.25, 0.3) is 11.3 Å². The van der Waals surface area contributed by atoms with Crippen molar-refractivity contribution in [2.45, 2.75) is 45.1 Å². The van der Waals surface area contributed by atoms with Gasteiger partial charge in [-0.15, -0.1) is 0 Å². The van der Waals surface area contributed by atoms with Gasteiger partial charge >= 0.3 is 0 Å². The SMILES string of the molecule is CCc1[nH]c(C2CCCCCN2)nc1-c1ccccc1. The summed E-state index contributed by atoms with van der Waals surface area (Å²) in [6.45, 7) is 3.29. The summed E-state index contributed by atoms with van der Waals surface area (Å²) in [4.78, 5) is 8.45. The van der Waals surface area contributed by atoms with Crippen LogP contribution in [-0.4, -0.2) is 16.5 Å². The second-order valence-electron chi connectivity index (χ2n) is 5.52. The lowest BCUT2D eigenvalue weighted by atomic mass is 10.1. The number of hydrogen-bond acceptors (Lipinski definition) is 2. The zero-order valence-electron chi connectivity index (χ0n) is 12.2. The molecule has 3 heteroatoms. The van der Waals surface area contributed by atoms with E-state index in [2.05, 4.69) is 47.6 Å². The first-order valence-corrected chi connectivity index (χ1v) is 7.76. The summed E-state index contributed by atoms with van der Waals surface area (Å²) in [5.74, 6) is 1.11. The largest absolute Gasteiger partial charge is 0.344 e. The van der Waals surface area contributed by atoms with Crippen molar-refractivity contribution in [3.8, 4) is 11.3 Å². The lowest BCUT2D eigenvalue weighted by Gasteiger charge is -2.12. The number of nitrogens with one attached hydrogen (secondary N) is 2. The molecular weight excluding hydrogens is 246 g/mol. The number of benzene rings is 1. The molecule has 1 saturated heterocycles. The molecule has 0 saturated carbocycles. The van der Waals surface area contributed by atoms with Crippen LogP contribution in [0.2, 0.25) is 0 Å². The molecule has 1 atom stereocenters. The van der Waals surface area contributed by atoms with Crippen molar-refractivity contribution >= 4 is 0 Å². The monoisotopic (exact) mass is 269 g/mol. The number of aromatic amines is 1. The third kappa shape index (κ3) is 2.78. The van der Waals surface area contributed by atoms with Crippen LogP contribution in [0.1, 0.15) is 50.2 Å². The van der Waals surface area contributed by atoms with Gasteiger partial charge in [-0.25, -0.2) is 4.98 Å². The van der Waals surface area contributed by atoms with Gasteiger partial charge in [0, 0.05) is 11.3 Å². The van der Waals surface area contributed by atoms with Gasteiger partial charge in [0.2, 0.25) is 0 Å². The summed E-state index contributed by atoms with van der Waals surface area (Å²) >= 11 is 0. The molecular formula is C17H23N3. The van der Waals surface area contributed by atoms with Crippen LogP contribution in [0.5, 0.6) is 0 Å². The van der Waals surface area contributed by atoms with E-state index in [1.165, 1.54) is 36.9 Å². The Bertz CT molecular complexity index is 537. The number of imidazole rings is 1. The molecule has 0 aliphatic carbocycles. The Morgan fingerprint density at radius 2 is 2.00 bits per heavy atom. The first-order valence-electron chi connectivity index (χ1n) is 7.76. The number of aromatic nitrogens is 2. The molecule has 1 aromatic carbocycles. The zero-order chi connectivity index (χ0) is 13.8. The van der Waals surface area contributed by atoms with E-state index >= 15 is 0 Å². The van der Waals surface area contributed by atoms with E-state index in [1.54, 1.807) is 0 Å². The first kappa shape index (κ1) is 13.4. The Hall–Kier alpha value is -1.61. The number of hydrogen-bond donors (Lipinski definition) is 2. The molecule has 1 aromatic heterocycles. The molecule has 3 nitrogen and oxygen atoms in total. The van der Waals surface area contributed by atoms with Crippen molar-refractivity contribution in [3.63, 3.8) is 0 Å². The van der Waals surface area contributed by atoms with Crippen LogP contribution in [0, 0.1) is 0 Å². The molecule has 1 fully saturated rings. The topological polar surface area (TPSA) is 40.7 Å². The molecule has 2 aromatic rings. The molecule has 1 aliphatic heterocycles. The van der Waals surface area contributed by atoms with Crippen molar-refractivity contribution in [3.05, 3.63) is 41.9 Å². The summed E-state index contributed by atoms with van der Waals surface area (Å²) in [5.41, 5.74) is 3.58. The Balaban J connectivity index is 1.92. The molecule has 2 N–H and O–H groups in total. The molecule has 1 unspecified atom stereocenters. The van der Waals surface area contributed by atoms with Crippen molar-refractivity contribution in [1.82, 2.24) is 15.3 Å². The summed E-state index contributed by atoms with van der Waals surface area (Å²) in [6.07, 6.45) is 6.08. The summed E-state index contributed by atoms with van der Waals surface area (Å²) in [7, 11) is 0. The van der Waals surface area contributed by atoms with Gasteiger partial charge in [-0.3, -0.25) is 0 Å². The van der Waals surface area contributed by atoms with E-state index in [0.717, 1.165) is 24.5 Å². The third-order valence-corrected chi connectivity index (χ3v) is 4.09. The van der Waals surface area contributed by atoms with Gasteiger partial charge in [-0.1, -0.05) is 50.1 Å². The predicted molar refractivity (Wildman–Crippen MR) is 82.6 cm³/mol. The van der Waals surface area contributed by atoms with Crippen molar-refractivity contribution in [2.75, 3.05) is 6.54 Å². The first-order chi connectivity index (χ1) is 9.88. The minimum absolute atomic E-state index is 0.389. The minimum Gasteiger partial charge on any atom is -0.344 e. The normalized spacial score (nSPS) is 19.8. The van der Waals surface area contributed by atoms with Crippen LogP contribution in [0.15, 0.2) is 30.3 Å². The predicted octanol–water partition coefficient (Wildman–Crippen LogP) is 3.84. The van der Waals surface area contributed by atoms with E-state index in [-0.39, 0.29) is 0 Å². The average Bonchev–Trinajstić information content (AvgIpc) is 2.75. The second kappa shape index (κ2) is 6.23. The fourth-order valence-corrected chi connectivity index (χ4v) is 2.95. The molecule has 20 heavy (non-hydrogen) atoms. The fraction of sp³-hybridized carbons (Fsp3) is 0.471. The Kier molecular flexibility index (Phi) is 4.16. The maximum Gasteiger partial charge on any atom is 0.124 e. The van der Waals surface area contributed by atoms with Crippen LogP contribution in [0.3, 0.4) is 0 Å². The highest BCUT2D eigenvalue weighted by molar-refractivity contribution is 5.62. The molecule has 2 heterocycles. The van der Waals surface area contributed by atoms with Crippen molar-refractivity contribution in [1.29, 1.82) is 0 Å². The van der Waals surface area contributed by atoms with E-state index in [0.29, 0.717) is 6.04 Å². The molecule has 0 spiro atoms. The maximum atomic E-state index is 4.90. The van der Waals surface area contributed by atoms with Gasteiger partial charge in [0.05, 0.1) is 11.7 Å². The zero-order valence-corrected chi connectivity index (χ0v) is 12.2. The third-order valence-electron chi connectivity index (χ3n) is 4.09. The number of aryl methyl sites for hydroxylation is 1. The van der Waals surface area contributed by atoms with Crippen LogP contribution < -0.4 is 5.32 Å². The van der Waals surface area contributed by atoms with Gasteiger partial charge in [0.1, 0.15) is 5.82 Å². The van der Waals surface area contributed by atoms with Gasteiger partial charge < -0.3 is 10.3 Å². The van der Waals surface area contributed by atoms with Gasteiger partial charge in [0.25, 0.3) is 0 Å². The second-order valence-corrected chi connectivity index (χ2v) is 5.52. The minimum atomic E-state index is 0.389. The molecule has 0 radical (unpaired) electrons. The van der Waals surface area contributed by atoms with E-state index in [4.69, 9.17) is 4.98 Å². The van der Waals surface area contributed by atoms with Gasteiger partial charge in [-0.05, 0) is 25.8 Å². The fourth-order valence-electron chi connectivity index (χ4n) is 2.95. The summed E-state index contributed by atoms with van der Waals surface area (Å²) < 4.78 is 0. The van der Waals surface area contributed by atoms with Gasteiger partial charge in [-0.2, -0.15) is 0 Å². The molecule has 1 aliphatic rings. The molecule has 3 rings (SSSR count). The molecule has 0 amide bonds. The van der Waals surface area contributed by atoms with Crippen LogP contribution in [-0.2, 0) is 6.42 Å². The maximum absolute atomic E-state index is 4.90. The van der Waals surface area contributed by atoms with E-state index < -0.39 is 0 Å². The number of nitrogens with zero attached hydrogens (tertiary/aromatic N) is 1. The highest BCUT2D eigenvalue weighted by Crippen LogP contribution is 2.27.